The van der Waals surface area contributed by atoms with Gasteiger partial charge in [0.05, 0.1) is 12.1 Å². The first-order valence-corrected chi connectivity index (χ1v) is 9.46. The number of primary amides is 1. The lowest BCUT2D eigenvalue weighted by molar-refractivity contribution is -0.137. The molecule has 0 saturated carbocycles. The van der Waals surface area contributed by atoms with Crippen LogP contribution in [0.15, 0.2) is 53.5 Å². The molecule has 0 bridgehead atoms. The normalized spacial score (nSPS) is 11.4. The summed E-state index contributed by atoms with van der Waals surface area (Å²) in [4.78, 5) is 15.1. The van der Waals surface area contributed by atoms with Crippen LogP contribution in [0.4, 0.5) is 13.2 Å². The van der Waals surface area contributed by atoms with E-state index < -0.39 is 17.6 Å². The van der Waals surface area contributed by atoms with E-state index in [9.17, 15) is 18.0 Å². The van der Waals surface area contributed by atoms with Crippen molar-refractivity contribution < 1.29 is 22.7 Å². The van der Waals surface area contributed by atoms with Crippen LogP contribution in [0, 0.1) is 0 Å². The third-order valence-corrected chi connectivity index (χ3v) is 4.03. The van der Waals surface area contributed by atoms with E-state index in [1.54, 1.807) is 18.2 Å². The van der Waals surface area contributed by atoms with E-state index in [1.165, 1.54) is 6.07 Å². The number of carbonyl (C=O) groups is 1. The summed E-state index contributed by atoms with van der Waals surface area (Å²) in [5.41, 5.74) is 5.88. The highest BCUT2D eigenvalue weighted by Gasteiger charge is 2.30. The number of nitrogens with two attached hydrogens (primary N) is 1. The fraction of sp³-hybridized carbons (Fsp3) is 0.333. The van der Waals surface area contributed by atoms with Gasteiger partial charge in [0.2, 0.25) is 0 Å². The lowest BCUT2D eigenvalue weighted by Gasteiger charge is -2.12. The lowest BCUT2D eigenvalue weighted by Crippen LogP contribution is -2.38. The second-order valence-electron chi connectivity index (χ2n) is 6.47. The molecule has 0 radical (unpaired) electrons. The summed E-state index contributed by atoms with van der Waals surface area (Å²) in [5, 5.41) is 6.24. The van der Waals surface area contributed by atoms with E-state index in [-0.39, 0.29) is 37.1 Å². The molecule has 0 aromatic heterocycles. The van der Waals surface area contributed by atoms with Gasteiger partial charge in [0, 0.05) is 13.1 Å². The first-order chi connectivity index (χ1) is 14.3. The van der Waals surface area contributed by atoms with Crippen molar-refractivity contribution in [3.63, 3.8) is 0 Å². The van der Waals surface area contributed by atoms with Gasteiger partial charge < -0.3 is 21.1 Å². The molecule has 2 aromatic carbocycles. The van der Waals surface area contributed by atoms with Crippen molar-refractivity contribution in [1.29, 1.82) is 0 Å². The van der Waals surface area contributed by atoms with Gasteiger partial charge >= 0.3 is 6.18 Å². The second-order valence-corrected chi connectivity index (χ2v) is 6.47. The first kappa shape index (κ1) is 26.5. The van der Waals surface area contributed by atoms with Gasteiger partial charge in [0.15, 0.2) is 12.6 Å². The minimum atomic E-state index is -4.37. The van der Waals surface area contributed by atoms with Crippen LogP contribution < -0.4 is 21.1 Å². The predicted octanol–water partition coefficient (Wildman–Crippen LogP) is 3.49. The highest BCUT2D eigenvalue weighted by atomic mass is 127. The van der Waals surface area contributed by atoms with E-state index in [2.05, 4.69) is 15.6 Å². The number of hydrogen-bond donors (Lipinski definition) is 3. The molecular formula is C21H26F3IN4O2. The molecule has 0 unspecified atom stereocenters. The monoisotopic (exact) mass is 550 g/mol. The van der Waals surface area contributed by atoms with Gasteiger partial charge in [-0.25, -0.2) is 4.99 Å². The number of rotatable bonds is 9. The molecule has 31 heavy (non-hydrogen) atoms. The Bertz CT molecular complexity index is 858. The number of guanidine groups is 1. The van der Waals surface area contributed by atoms with Crippen molar-refractivity contribution in [2.24, 2.45) is 10.7 Å². The number of ether oxygens (including phenoxy) is 1. The number of carbonyl (C=O) groups excluding carboxylic acids is 1. The molecule has 2 rings (SSSR count). The third kappa shape index (κ3) is 9.90. The standard InChI is InChI=1S/C21H25F3N4O2.HI/c1-2-26-20(28-13-16-4-3-5-17(12-16)21(22,23)24)27-11-10-15-6-8-18(9-7-15)30-14-19(25)29;/h3-9,12H,2,10-11,13-14H2,1H3,(H2,25,29)(H2,26,27,28);1H. The van der Waals surface area contributed by atoms with Gasteiger partial charge in [-0.05, 0) is 48.7 Å². The summed E-state index contributed by atoms with van der Waals surface area (Å²) in [6.45, 7) is 3.07. The number of nitrogens with one attached hydrogen (secondary N) is 2. The number of benzene rings is 2. The Kier molecular flexibility index (Phi) is 11.2. The molecular weight excluding hydrogens is 524 g/mol. The van der Waals surface area contributed by atoms with Crippen LogP contribution in [0.5, 0.6) is 5.75 Å². The van der Waals surface area contributed by atoms with E-state index in [0.717, 1.165) is 17.7 Å². The van der Waals surface area contributed by atoms with Gasteiger partial charge in [-0.1, -0.05) is 24.3 Å². The Hall–Kier alpha value is -2.50. The molecule has 6 nitrogen and oxygen atoms in total. The molecule has 0 aliphatic heterocycles. The topological polar surface area (TPSA) is 88.7 Å². The zero-order chi connectivity index (χ0) is 22.0. The Labute approximate surface area is 196 Å². The molecule has 170 valence electrons. The van der Waals surface area contributed by atoms with Crippen LogP contribution in [0.1, 0.15) is 23.6 Å². The highest BCUT2D eigenvalue weighted by molar-refractivity contribution is 14.0. The van der Waals surface area contributed by atoms with Gasteiger partial charge in [-0.15, -0.1) is 24.0 Å². The molecule has 1 amide bonds. The van der Waals surface area contributed by atoms with Gasteiger partial charge in [-0.3, -0.25) is 4.79 Å². The number of halogens is 4. The molecule has 2 aromatic rings. The Balaban J connectivity index is 0.00000480. The predicted molar refractivity (Wildman–Crippen MR) is 125 cm³/mol. The molecule has 10 heteroatoms. The maximum Gasteiger partial charge on any atom is 0.416 e. The molecule has 0 saturated heterocycles. The lowest BCUT2D eigenvalue weighted by atomic mass is 10.1. The van der Waals surface area contributed by atoms with E-state index in [0.29, 0.717) is 36.8 Å². The van der Waals surface area contributed by atoms with Gasteiger partial charge in [0.25, 0.3) is 5.91 Å². The summed E-state index contributed by atoms with van der Waals surface area (Å²) in [6.07, 6.45) is -3.67. The summed E-state index contributed by atoms with van der Waals surface area (Å²) >= 11 is 0. The van der Waals surface area contributed by atoms with Crippen LogP contribution in [0.2, 0.25) is 0 Å². The van der Waals surface area contributed by atoms with Crippen LogP contribution in [0.3, 0.4) is 0 Å². The molecule has 4 N–H and O–H groups in total. The summed E-state index contributed by atoms with van der Waals surface area (Å²) < 4.78 is 43.7. The number of nitrogens with zero attached hydrogens (tertiary/aromatic N) is 1. The number of aliphatic imine (C=N–C) groups is 1. The number of hydrogen-bond acceptors (Lipinski definition) is 3. The number of amides is 1. The van der Waals surface area contributed by atoms with Crippen molar-refractivity contribution in [1.82, 2.24) is 10.6 Å². The zero-order valence-electron chi connectivity index (χ0n) is 17.0. The molecule has 0 fully saturated rings. The summed E-state index contributed by atoms with van der Waals surface area (Å²) in [6, 6.07) is 12.4. The average molecular weight is 550 g/mol. The van der Waals surface area contributed by atoms with Crippen LogP contribution >= 0.6 is 24.0 Å². The van der Waals surface area contributed by atoms with Gasteiger partial charge in [-0.2, -0.15) is 13.2 Å². The third-order valence-electron chi connectivity index (χ3n) is 4.03. The molecule has 0 spiro atoms. The first-order valence-electron chi connectivity index (χ1n) is 9.46. The fourth-order valence-corrected chi connectivity index (χ4v) is 2.59. The summed E-state index contributed by atoms with van der Waals surface area (Å²) in [5.74, 6) is 0.543. The van der Waals surface area contributed by atoms with Crippen LogP contribution in [-0.2, 0) is 23.9 Å². The summed E-state index contributed by atoms with van der Waals surface area (Å²) in [7, 11) is 0. The van der Waals surface area contributed by atoms with E-state index >= 15 is 0 Å². The maximum atomic E-state index is 12.8. The Morgan fingerprint density at radius 2 is 1.81 bits per heavy atom. The largest absolute Gasteiger partial charge is 0.484 e. The molecule has 0 aliphatic rings. The van der Waals surface area contributed by atoms with Crippen LogP contribution in [0.25, 0.3) is 0 Å². The maximum absolute atomic E-state index is 12.8. The quantitative estimate of drug-likeness (QED) is 0.254. The van der Waals surface area contributed by atoms with Crippen molar-refractivity contribution in [3.8, 4) is 5.75 Å². The van der Waals surface area contributed by atoms with Crippen molar-refractivity contribution >= 4 is 35.8 Å². The average Bonchev–Trinajstić information content (AvgIpc) is 2.71. The molecule has 0 heterocycles. The van der Waals surface area contributed by atoms with Crippen molar-refractivity contribution in [2.45, 2.75) is 26.1 Å². The smallest absolute Gasteiger partial charge is 0.416 e. The van der Waals surface area contributed by atoms with Crippen molar-refractivity contribution in [2.75, 3.05) is 19.7 Å². The van der Waals surface area contributed by atoms with Crippen LogP contribution in [-0.4, -0.2) is 31.6 Å². The highest BCUT2D eigenvalue weighted by Crippen LogP contribution is 2.29. The van der Waals surface area contributed by atoms with Crippen molar-refractivity contribution in [3.05, 3.63) is 65.2 Å². The minimum absolute atomic E-state index is 0. The second kappa shape index (κ2) is 13.0. The number of alkyl halides is 3. The molecule has 0 aliphatic carbocycles. The van der Waals surface area contributed by atoms with Gasteiger partial charge in [0.1, 0.15) is 5.75 Å². The SMILES string of the molecule is CCNC(=NCc1cccc(C(F)(F)F)c1)NCCc1ccc(OCC(N)=O)cc1.I. The minimum Gasteiger partial charge on any atom is -0.484 e. The fourth-order valence-electron chi connectivity index (χ4n) is 2.59. The zero-order valence-corrected chi connectivity index (χ0v) is 19.4. The van der Waals surface area contributed by atoms with E-state index in [1.807, 2.05) is 19.1 Å². The Morgan fingerprint density at radius 3 is 2.42 bits per heavy atom. The van der Waals surface area contributed by atoms with E-state index in [4.69, 9.17) is 10.5 Å². The Morgan fingerprint density at radius 1 is 1.10 bits per heavy atom. The molecule has 0 atom stereocenters.